The number of benzene rings is 1. The molecule has 4 nitrogen and oxygen atoms in total. The lowest BCUT2D eigenvalue weighted by molar-refractivity contribution is 0.407. The molecular formula is C14H17N3OS. The van der Waals surface area contributed by atoms with Crippen molar-refractivity contribution in [1.29, 1.82) is 0 Å². The van der Waals surface area contributed by atoms with Crippen molar-refractivity contribution < 1.29 is 4.74 Å². The summed E-state index contributed by atoms with van der Waals surface area (Å²) in [7, 11) is 1.74. The van der Waals surface area contributed by atoms with E-state index in [4.69, 9.17) is 4.74 Å². The van der Waals surface area contributed by atoms with Gasteiger partial charge in [0, 0.05) is 36.6 Å². The van der Waals surface area contributed by atoms with E-state index in [9.17, 15) is 0 Å². The summed E-state index contributed by atoms with van der Waals surface area (Å²) in [4.78, 5) is 6.87. The van der Waals surface area contributed by atoms with E-state index in [0.717, 1.165) is 42.6 Å². The van der Waals surface area contributed by atoms with Gasteiger partial charge in [-0.15, -0.1) is 0 Å². The van der Waals surface area contributed by atoms with Crippen LogP contribution in [0.5, 0.6) is 5.75 Å². The number of hydrogen-bond donors (Lipinski definition) is 0. The molecule has 1 aromatic carbocycles. The van der Waals surface area contributed by atoms with Gasteiger partial charge in [-0.2, -0.15) is 4.37 Å². The van der Waals surface area contributed by atoms with Crippen molar-refractivity contribution in [3.05, 3.63) is 35.2 Å². The van der Waals surface area contributed by atoms with Gasteiger partial charge < -0.3 is 9.64 Å². The number of ether oxygens (including phenoxy) is 1. The largest absolute Gasteiger partial charge is 0.496 e. The Morgan fingerprint density at radius 3 is 3.05 bits per heavy atom. The maximum Gasteiger partial charge on any atom is 0.205 e. The third-order valence-electron chi connectivity index (χ3n) is 3.49. The average Bonchev–Trinajstić information content (AvgIpc) is 2.95. The van der Waals surface area contributed by atoms with Gasteiger partial charge in [-0.25, -0.2) is 4.98 Å². The summed E-state index contributed by atoms with van der Waals surface area (Å²) < 4.78 is 9.79. The van der Waals surface area contributed by atoms with E-state index in [1.54, 1.807) is 7.11 Å². The Bertz CT molecular complexity index is 582. The summed E-state index contributed by atoms with van der Waals surface area (Å²) in [6, 6.07) is 6.26. The lowest BCUT2D eigenvalue weighted by atomic mass is 9.99. The maximum atomic E-state index is 5.43. The molecule has 1 aromatic heterocycles. The SMILES string of the molecule is CCc1nsc(N2CCc3c(cccc3OC)C2)n1. The molecule has 0 spiro atoms. The molecule has 0 aliphatic carbocycles. The molecule has 0 N–H and O–H groups in total. The van der Waals surface area contributed by atoms with Crippen LogP contribution in [0.15, 0.2) is 18.2 Å². The third-order valence-corrected chi connectivity index (χ3v) is 4.30. The number of fused-ring (bicyclic) bond motifs is 1. The van der Waals surface area contributed by atoms with Crippen LogP contribution >= 0.6 is 11.5 Å². The number of anilines is 1. The summed E-state index contributed by atoms with van der Waals surface area (Å²) in [5.74, 6) is 1.94. The highest BCUT2D eigenvalue weighted by molar-refractivity contribution is 7.09. The summed E-state index contributed by atoms with van der Waals surface area (Å²) in [5.41, 5.74) is 2.67. The minimum atomic E-state index is 0.894. The molecule has 0 saturated heterocycles. The summed E-state index contributed by atoms with van der Waals surface area (Å²) in [5, 5.41) is 1.03. The lowest BCUT2D eigenvalue weighted by Gasteiger charge is -2.29. The first kappa shape index (κ1) is 12.4. The van der Waals surface area contributed by atoms with E-state index < -0.39 is 0 Å². The Morgan fingerprint density at radius 1 is 1.42 bits per heavy atom. The smallest absolute Gasteiger partial charge is 0.205 e. The molecule has 100 valence electrons. The molecule has 0 amide bonds. The standard InChI is InChI=1S/C14H17N3OS/c1-3-13-15-14(19-16-13)17-8-7-11-10(9-17)5-4-6-12(11)18-2/h4-6H,3,7-9H2,1-2H3. The van der Waals surface area contributed by atoms with Gasteiger partial charge >= 0.3 is 0 Å². The highest BCUT2D eigenvalue weighted by Gasteiger charge is 2.21. The first-order valence-electron chi connectivity index (χ1n) is 6.54. The van der Waals surface area contributed by atoms with Crippen LogP contribution < -0.4 is 9.64 Å². The topological polar surface area (TPSA) is 38.2 Å². The lowest BCUT2D eigenvalue weighted by Crippen LogP contribution is -2.30. The molecule has 0 fully saturated rings. The van der Waals surface area contributed by atoms with Gasteiger partial charge in [-0.3, -0.25) is 0 Å². The van der Waals surface area contributed by atoms with Crippen molar-refractivity contribution in [2.75, 3.05) is 18.6 Å². The number of methoxy groups -OCH3 is 1. The number of aryl methyl sites for hydroxylation is 1. The predicted octanol–water partition coefficient (Wildman–Crippen LogP) is 2.67. The monoisotopic (exact) mass is 275 g/mol. The first-order valence-corrected chi connectivity index (χ1v) is 7.31. The van der Waals surface area contributed by atoms with Gasteiger partial charge in [0.2, 0.25) is 5.13 Å². The number of rotatable bonds is 3. The number of aromatic nitrogens is 2. The van der Waals surface area contributed by atoms with E-state index in [1.165, 1.54) is 22.7 Å². The van der Waals surface area contributed by atoms with Crippen LogP contribution in [0.3, 0.4) is 0 Å². The third kappa shape index (κ3) is 2.30. The van der Waals surface area contributed by atoms with Crippen molar-refractivity contribution in [3.63, 3.8) is 0 Å². The molecule has 0 saturated carbocycles. The van der Waals surface area contributed by atoms with E-state index in [0.29, 0.717) is 0 Å². The Balaban J connectivity index is 1.86. The zero-order chi connectivity index (χ0) is 13.2. The Morgan fingerprint density at radius 2 is 2.32 bits per heavy atom. The van der Waals surface area contributed by atoms with Gasteiger partial charge in [0.05, 0.1) is 7.11 Å². The van der Waals surface area contributed by atoms with Crippen LogP contribution in [0.4, 0.5) is 5.13 Å². The van der Waals surface area contributed by atoms with Crippen molar-refractivity contribution in [2.24, 2.45) is 0 Å². The highest BCUT2D eigenvalue weighted by atomic mass is 32.1. The van der Waals surface area contributed by atoms with Crippen LogP contribution in [-0.2, 0) is 19.4 Å². The Labute approximate surface area is 117 Å². The molecule has 0 bridgehead atoms. The molecule has 1 aliphatic rings. The van der Waals surface area contributed by atoms with Crippen molar-refractivity contribution in [2.45, 2.75) is 26.3 Å². The van der Waals surface area contributed by atoms with Crippen LogP contribution in [0, 0.1) is 0 Å². The molecule has 3 rings (SSSR count). The van der Waals surface area contributed by atoms with Crippen LogP contribution in [0.2, 0.25) is 0 Å². The second-order valence-corrected chi connectivity index (χ2v) is 5.35. The summed E-state index contributed by atoms with van der Waals surface area (Å²) in [6.45, 7) is 3.96. The zero-order valence-corrected chi connectivity index (χ0v) is 12.0. The molecule has 0 atom stereocenters. The van der Waals surface area contributed by atoms with Crippen LogP contribution in [-0.4, -0.2) is 23.0 Å². The van der Waals surface area contributed by atoms with Crippen molar-refractivity contribution in [3.8, 4) is 5.75 Å². The minimum absolute atomic E-state index is 0.894. The van der Waals surface area contributed by atoms with Gasteiger partial charge in [0.15, 0.2) is 0 Å². The van der Waals surface area contributed by atoms with Crippen LogP contribution in [0.25, 0.3) is 0 Å². The first-order chi connectivity index (χ1) is 9.31. The van der Waals surface area contributed by atoms with Gasteiger partial charge in [-0.05, 0) is 18.1 Å². The summed E-state index contributed by atoms with van der Waals surface area (Å²) >= 11 is 1.50. The molecule has 5 heteroatoms. The van der Waals surface area contributed by atoms with E-state index in [1.807, 2.05) is 6.07 Å². The van der Waals surface area contributed by atoms with E-state index in [2.05, 4.69) is 33.3 Å². The Hall–Kier alpha value is -1.62. The average molecular weight is 275 g/mol. The van der Waals surface area contributed by atoms with Crippen LogP contribution in [0.1, 0.15) is 23.9 Å². The van der Waals surface area contributed by atoms with E-state index in [-0.39, 0.29) is 0 Å². The maximum absolute atomic E-state index is 5.43. The van der Waals surface area contributed by atoms with Gasteiger partial charge in [0.1, 0.15) is 11.6 Å². The molecule has 0 unspecified atom stereocenters. The number of nitrogens with zero attached hydrogens (tertiary/aromatic N) is 3. The normalized spacial score (nSPS) is 14.3. The van der Waals surface area contributed by atoms with E-state index >= 15 is 0 Å². The predicted molar refractivity (Wildman–Crippen MR) is 77.0 cm³/mol. The number of hydrogen-bond acceptors (Lipinski definition) is 5. The van der Waals surface area contributed by atoms with Gasteiger partial charge in [-0.1, -0.05) is 19.1 Å². The Kier molecular flexibility index (Phi) is 3.38. The summed E-state index contributed by atoms with van der Waals surface area (Å²) in [6.07, 6.45) is 1.90. The molecule has 2 aromatic rings. The van der Waals surface area contributed by atoms with Crippen molar-refractivity contribution in [1.82, 2.24) is 9.36 Å². The quantitative estimate of drug-likeness (QED) is 0.863. The second kappa shape index (κ2) is 5.17. The highest BCUT2D eigenvalue weighted by Crippen LogP contribution is 2.30. The zero-order valence-electron chi connectivity index (χ0n) is 11.2. The minimum Gasteiger partial charge on any atom is -0.496 e. The van der Waals surface area contributed by atoms with Gasteiger partial charge in [0.25, 0.3) is 0 Å². The fraction of sp³-hybridized carbons (Fsp3) is 0.429. The van der Waals surface area contributed by atoms with Crippen molar-refractivity contribution >= 4 is 16.7 Å². The molecule has 1 aliphatic heterocycles. The second-order valence-electron chi connectivity index (χ2n) is 4.62. The fourth-order valence-corrected chi connectivity index (χ4v) is 3.22. The molecule has 0 radical (unpaired) electrons. The molecule has 2 heterocycles. The molecular weight excluding hydrogens is 258 g/mol. The molecule has 19 heavy (non-hydrogen) atoms. The fourth-order valence-electron chi connectivity index (χ4n) is 2.45.